The van der Waals surface area contributed by atoms with Crippen LogP contribution in [0.25, 0.3) is 38.6 Å². The Morgan fingerprint density at radius 1 is 0.417 bits per heavy atom. The van der Waals surface area contributed by atoms with Gasteiger partial charge in [0.05, 0.1) is 27.8 Å². The zero-order valence-corrected chi connectivity index (χ0v) is 27.1. The van der Waals surface area contributed by atoms with Gasteiger partial charge in [0.15, 0.2) is 8.07 Å². The first kappa shape index (κ1) is 29.0. The lowest BCUT2D eigenvalue weighted by atomic mass is 9.95. The number of aromatic nitrogens is 1. The molecular weight excluding hydrogens is 599 g/mol. The van der Waals surface area contributed by atoms with E-state index in [-0.39, 0.29) is 0 Å². The molecule has 3 nitrogen and oxygen atoms in total. The van der Waals surface area contributed by atoms with Gasteiger partial charge in [-0.1, -0.05) is 158 Å². The summed E-state index contributed by atoms with van der Waals surface area (Å²) in [5, 5.41) is 28.6. The second-order valence-electron chi connectivity index (χ2n) is 11.9. The summed E-state index contributed by atoms with van der Waals surface area (Å²) in [7, 11) is -2.78. The molecule has 4 heteroatoms. The fraction of sp³-hybridized carbons (Fsp3) is 0. The second kappa shape index (κ2) is 12.0. The van der Waals surface area contributed by atoms with Crippen molar-refractivity contribution in [3.05, 3.63) is 187 Å². The Kier molecular flexibility index (Phi) is 7.27. The molecule has 7 aromatic carbocycles. The summed E-state index contributed by atoms with van der Waals surface area (Å²) in [6, 6.07) is 66.3. The van der Waals surface area contributed by atoms with Crippen molar-refractivity contribution in [3.63, 3.8) is 0 Å². The van der Waals surface area contributed by atoms with Crippen LogP contribution >= 0.6 is 0 Å². The van der Waals surface area contributed by atoms with Crippen molar-refractivity contribution in [1.29, 1.82) is 10.5 Å². The Bertz CT molecular complexity index is 2370. The highest BCUT2D eigenvalue weighted by atomic mass is 28.3. The van der Waals surface area contributed by atoms with Crippen LogP contribution in [0.3, 0.4) is 0 Å². The molecule has 1 aromatic heterocycles. The van der Waals surface area contributed by atoms with E-state index in [0.29, 0.717) is 16.8 Å². The number of para-hydroxylation sites is 2. The van der Waals surface area contributed by atoms with E-state index in [1.807, 2.05) is 36.4 Å². The van der Waals surface area contributed by atoms with Gasteiger partial charge < -0.3 is 4.57 Å². The van der Waals surface area contributed by atoms with Crippen molar-refractivity contribution in [2.45, 2.75) is 0 Å². The number of nitrogens with zero attached hydrogens (tertiary/aromatic N) is 3. The molecule has 0 saturated heterocycles. The third-order valence-corrected chi connectivity index (χ3v) is 14.2. The molecule has 0 amide bonds. The molecule has 0 saturated carbocycles. The predicted molar refractivity (Wildman–Crippen MR) is 199 cm³/mol. The fourth-order valence-electron chi connectivity index (χ4n) is 7.41. The first-order valence-corrected chi connectivity index (χ1v) is 18.0. The Morgan fingerprint density at radius 3 is 1.38 bits per heavy atom. The van der Waals surface area contributed by atoms with E-state index in [9.17, 15) is 10.5 Å². The van der Waals surface area contributed by atoms with E-state index in [2.05, 4.69) is 156 Å². The third-order valence-electron chi connectivity index (χ3n) is 9.45. The van der Waals surface area contributed by atoms with Gasteiger partial charge in [-0.15, -0.1) is 0 Å². The zero-order chi connectivity index (χ0) is 32.5. The van der Waals surface area contributed by atoms with Gasteiger partial charge >= 0.3 is 0 Å². The molecule has 0 bridgehead atoms. The molecule has 0 unspecified atom stereocenters. The van der Waals surface area contributed by atoms with Crippen molar-refractivity contribution in [2.75, 3.05) is 0 Å². The van der Waals surface area contributed by atoms with E-state index in [4.69, 9.17) is 0 Å². The summed E-state index contributed by atoms with van der Waals surface area (Å²) >= 11 is 0. The molecule has 224 valence electrons. The maximum atomic E-state index is 10.7. The Morgan fingerprint density at radius 2 is 0.875 bits per heavy atom. The number of fused-ring (bicyclic) bond motifs is 3. The lowest BCUT2D eigenvalue weighted by Gasteiger charge is -2.34. The number of hydrogen-bond acceptors (Lipinski definition) is 2. The van der Waals surface area contributed by atoms with Crippen LogP contribution < -0.4 is 20.7 Å². The van der Waals surface area contributed by atoms with Crippen LogP contribution in [0.4, 0.5) is 0 Å². The van der Waals surface area contributed by atoms with E-state index < -0.39 is 8.07 Å². The minimum Gasteiger partial charge on any atom is -0.308 e. The van der Waals surface area contributed by atoms with Gasteiger partial charge in [-0.05, 0) is 44.5 Å². The van der Waals surface area contributed by atoms with Gasteiger partial charge in [0, 0.05) is 16.3 Å². The van der Waals surface area contributed by atoms with Crippen LogP contribution in [-0.2, 0) is 0 Å². The maximum absolute atomic E-state index is 10.7. The molecule has 0 aliphatic heterocycles. The minimum atomic E-state index is -2.78. The SMILES string of the molecule is N#Cc1c(-c2cccc([Si](c3ccccc3)(c3ccccc3)c3ccccc3)c2)ccc(-n2c3ccccc3c3ccccc32)c1C#N. The quantitative estimate of drug-likeness (QED) is 0.141. The average molecular weight is 628 g/mol. The van der Waals surface area contributed by atoms with E-state index in [1.54, 1.807) is 0 Å². The molecule has 0 N–H and O–H groups in total. The van der Waals surface area contributed by atoms with Gasteiger partial charge in [-0.2, -0.15) is 10.5 Å². The highest BCUT2D eigenvalue weighted by Gasteiger charge is 2.41. The third kappa shape index (κ3) is 4.48. The van der Waals surface area contributed by atoms with Crippen LogP contribution in [0.5, 0.6) is 0 Å². The highest BCUT2D eigenvalue weighted by Crippen LogP contribution is 2.36. The van der Waals surface area contributed by atoms with Crippen LogP contribution in [-0.4, -0.2) is 12.6 Å². The molecule has 8 rings (SSSR count). The smallest absolute Gasteiger partial charge is 0.179 e. The minimum absolute atomic E-state index is 0.365. The van der Waals surface area contributed by atoms with Crippen LogP contribution in [0.15, 0.2) is 176 Å². The number of nitriles is 2. The second-order valence-corrected chi connectivity index (χ2v) is 15.7. The highest BCUT2D eigenvalue weighted by molar-refractivity contribution is 7.19. The Labute approximate surface area is 280 Å². The van der Waals surface area contributed by atoms with Gasteiger partial charge in [-0.25, -0.2) is 0 Å². The summed E-state index contributed by atoms with van der Waals surface area (Å²) in [5.74, 6) is 0. The number of benzene rings is 7. The number of rotatable bonds is 6. The zero-order valence-electron chi connectivity index (χ0n) is 26.1. The lowest BCUT2D eigenvalue weighted by molar-refractivity contribution is 1.16. The molecule has 48 heavy (non-hydrogen) atoms. The summed E-state index contributed by atoms with van der Waals surface area (Å²) in [4.78, 5) is 0. The normalized spacial score (nSPS) is 11.3. The van der Waals surface area contributed by atoms with Crippen molar-refractivity contribution < 1.29 is 0 Å². The molecule has 0 aliphatic carbocycles. The van der Waals surface area contributed by atoms with Gasteiger partial charge in [0.2, 0.25) is 0 Å². The molecule has 0 fully saturated rings. The monoisotopic (exact) mass is 627 g/mol. The average Bonchev–Trinajstić information content (AvgIpc) is 3.50. The number of hydrogen-bond donors (Lipinski definition) is 0. The van der Waals surface area contributed by atoms with Crippen molar-refractivity contribution in [2.24, 2.45) is 0 Å². The van der Waals surface area contributed by atoms with E-state index >= 15 is 0 Å². The Balaban J connectivity index is 1.38. The molecule has 0 radical (unpaired) electrons. The van der Waals surface area contributed by atoms with Gasteiger partial charge in [0.25, 0.3) is 0 Å². The van der Waals surface area contributed by atoms with Crippen molar-refractivity contribution >= 4 is 50.6 Å². The van der Waals surface area contributed by atoms with Crippen LogP contribution in [0.1, 0.15) is 11.1 Å². The largest absolute Gasteiger partial charge is 0.308 e. The Hall–Kier alpha value is -6.46. The van der Waals surface area contributed by atoms with Crippen molar-refractivity contribution in [1.82, 2.24) is 4.57 Å². The molecule has 0 atom stereocenters. The molecule has 0 spiro atoms. The van der Waals surface area contributed by atoms with Gasteiger partial charge in [-0.3, -0.25) is 0 Å². The van der Waals surface area contributed by atoms with Crippen LogP contribution in [0, 0.1) is 22.7 Å². The van der Waals surface area contributed by atoms with Crippen molar-refractivity contribution in [3.8, 4) is 29.0 Å². The van der Waals surface area contributed by atoms with E-state index in [0.717, 1.165) is 32.9 Å². The molecule has 0 aliphatic rings. The molecular formula is C44H29N3Si. The summed E-state index contributed by atoms with van der Waals surface area (Å²) < 4.78 is 2.11. The van der Waals surface area contributed by atoms with Crippen LogP contribution in [0.2, 0.25) is 0 Å². The fourth-order valence-corrected chi connectivity index (χ4v) is 12.2. The maximum Gasteiger partial charge on any atom is 0.179 e. The summed E-state index contributed by atoms with van der Waals surface area (Å²) in [6.07, 6.45) is 0. The lowest BCUT2D eigenvalue weighted by Crippen LogP contribution is -2.74. The van der Waals surface area contributed by atoms with E-state index in [1.165, 1.54) is 20.7 Å². The summed E-state index contributed by atoms with van der Waals surface area (Å²) in [5.41, 5.74) is 5.10. The molecule has 8 aromatic rings. The first-order chi connectivity index (χ1) is 23.8. The first-order valence-electron chi connectivity index (χ1n) is 16.0. The summed E-state index contributed by atoms with van der Waals surface area (Å²) in [6.45, 7) is 0. The predicted octanol–water partition coefficient (Wildman–Crippen LogP) is 7.57. The van der Waals surface area contributed by atoms with Gasteiger partial charge in [0.1, 0.15) is 12.1 Å². The topological polar surface area (TPSA) is 52.5 Å². The molecule has 1 heterocycles. The standard InChI is InChI=1S/C44H29N3Si/c45-30-40-37(27-28-44(41(40)31-46)47-42-25-12-10-23-38(42)39-24-11-13-26-43(39)47)32-15-14-22-36(29-32)48(33-16-4-1-5-17-33,34-18-6-2-7-19-34)35-20-8-3-9-21-35/h1-29H.